The molecule has 127 heavy (non-hydrogen) atoms. The van der Waals surface area contributed by atoms with Crippen molar-refractivity contribution < 1.29 is 0 Å². The molecule has 0 unspecified atom stereocenters. The second kappa shape index (κ2) is 60.7. The largest absolute Gasteiger partial charge is 0.0776 e. The summed E-state index contributed by atoms with van der Waals surface area (Å²) in [5.41, 5.74) is 37.7. The van der Waals surface area contributed by atoms with E-state index in [1.165, 1.54) is 336 Å². The topological polar surface area (TPSA) is 0 Å². The maximum atomic E-state index is 2.27. The van der Waals surface area contributed by atoms with Crippen LogP contribution in [0, 0.1) is 48.5 Å². The van der Waals surface area contributed by atoms with Gasteiger partial charge in [0.05, 0.1) is 0 Å². The van der Waals surface area contributed by atoms with Crippen LogP contribution in [0.15, 0.2) is 340 Å². The van der Waals surface area contributed by atoms with Gasteiger partial charge in [-0.3, -0.25) is 0 Å². The molecule has 0 saturated carbocycles. The average Bonchev–Trinajstić information content (AvgIpc) is 0.892. The number of benzene rings is 14. The molecule has 0 aliphatic carbocycles. The molecule has 0 heterocycles. The van der Waals surface area contributed by atoms with Crippen LogP contribution in [0.3, 0.4) is 0 Å². The van der Waals surface area contributed by atoms with E-state index in [2.05, 4.69) is 437 Å². The molecule has 14 rings (SSSR count). The molecule has 0 radical (unpaired) electrons. The molecule has 0 nitrogen and oxygen atoms in total. The minimum absolute atomic E-state index is 0. The summed E-state index contributed by atoms with van der Waals surface area (Å²) in [7, 11) is 0. The summed E-state index contributed by atoms with van der Waals surface area (Å²) in [6.45, 7) is 30.6. The quantitative estimate of drug-likeness (QED) is 0.0347. The van der Waals surface area contributed by atoms with Crippen LogP contribution in [-0.2, 0) is 44.9 Å². The monoisotopic (exact) mass is 1680 g/mol. The van der Waals surface area contributed by atoms with Crippen molar-refractivity contribution in [2.45, 2.75) is 284 Å². The normalized spacial score (nSPS) is 10.5. The molecule has 0 saturated heterocycles. The molecule has 14 aromatic rings. The van der Waals surface area contributed by atoms with Crippen LogP contribution >= 0.6 is 0 Å². The molecule has 0 N–H and O–H groups in total. The first-order valence-electron chi connectivity index (χ1n) is 48.7. The maximum Gasteiger partial charge on any atom is -0.0184 e. The third-order valence-corrected chi connectivity index (χ3v) is 23.9. The van der Waals surface area contributed by atoms with Crippen molar-refractivity contribution in [1.82, 2.24) is 0 Å². The van der Waals surface area contributed by atoms with E-state index in [1.54, 1.807) is 0 Å². The van der Waals surface area contributed by atoms with Crippen molar-refractivity contribution in [3.63, 3.8) is 0 Å². The Morgan fingerprint density at radius 2 is 0.189 bits per heavy atom. The first-order valence-corrected chi connectivity index (χ1v) is 48.7. The SMILES string of the molecule is C.CCCCCc1ccc(-c2ccc(C)cc2)cc1.CCCCCc1ccc(-c2ccc(C)cc2)cc1.CCCCCc1ccc(-c2ccc(C)cc2)cc1.CCCCCc1ccc(-c2ccc(C)cc2)cc1.CCCCCc1ccc(-c2ccc(C)cc2)cc1.CCCCCc1ccc(-c2ccc(C)cc2)cc1.CCCCCc1ccc(-c2ccc(C)cc2)cc1. The highest BCUT2D eigenvalue weighted by molar-refractivity contribution is 5.69. The molecule has 0 atom stereocenters. The van der Waals surface area contributed by atoms with Crippen molar-refractivity contribution in [2.75, 3.05) is 0 Å². The van der Waals surface area contributed by atoms with Crippen LogP contribution in [-0.4, -0.2) is 0 Å². The third-order valence-electron chi connectivity index (χ3n) is 23.9. The van der Waals surface area contributed by atoms with E-state index in [-0.39, 0.29) is 7.43 Å². The fourth-order valence-corrected chi connectivity index (χ4v) is 15.3. The Morgan fingerprint density at radius 1 is 0.110 bits per heavy atom. The lowest BCUT2D eigenvalue weighted by Gasteiger charge is -2.05. The van der Waals surface area contributed by atoms with Gasteiger partial charge < -0.3 is 0 Å². The summed E-state index contributed by atoms with van der Waals surface area (Å²) in [5.74, 6) is 0. The standard InChI is InChI=1S/7C18H22.CH4/c7*1-3-4-5-6-16-9-13-18(14-10-16)17-11-7-15(2)8-12-17;/h7*7-14H,3-6H2,1-2H3;1H4. The zero-order chi connectivity index (χ0) is 89.6. The first kappa shape index (κ1) is 103. The van der Waals surface area contributed by atoms with Gasteiger partial charge in [0, 0.05) is 0 Å². The van der Waals surface area contributed by atoms with Crippen LogP contribution < -0.4 is 0 Å². The first-order chi connectivity index (χ1) is 61.5. The van der Waals surface area contributed by atoms with Crippen molar-refractivity contribution in [3.8, 4) is 77.9 Å². The van der Waals surface area contributed by atoms with Gasteiger partial charge in [0.1, 0.15) is 0 Å². The Balaban J connectivity index is 0.000000203. The summed E-state index contributed by atoms with van der Waals surface area (Å²) < 4.78 is 0. The molecule has 0 spiro atoms. The number of hydrogen-bond donors (Lipinski definition) is 0. The average molecular weight is 1680 g/mol. The number of hydrogen-bond acceptors (Lipinski definition) is 0. The summed E-state index contributed by atoms with van der Waals surface area (Å²) in [6, 6.07) is 124. The van der Waals surface area contributed by atoms with Crippen LogP contribution in [0.2, 0.25) is 0 Å². The zero-order valence-electron chi connectivity index (χ0n) is 80.1. The van der Waals surface area contributed by atoms with Gasteiger partial charge in [-0.15, -0.1) is 0 Å². The van der Waals surface area contributed by atoms with Gasteiger partial charge in [0.2, 0.25) is 0 Å². The molecule has 0 aromatic heterocycles. The van der Waals surface area contributed by atoms with Gasteiger partial charge >= 0.3 is 0 Å². The van der Waals surface area contributed by atoms with Crippen molar-refractivity contribution in [2.24, 2.45) is 0 Å². The van der Waals surface area contributed by atoms with Crippen LogP contribution in [0.5, 0.6) is 0 Å². The second-order valence-electron chi connectivity index (χ2n) is 35.1. The van der Waals surface area contributed by atoms with Gasteiger partial charge in [-0.1, -0.05) is 524 Å². The Labute approximate surface area is 774 Å². The number of rotatable bonds is 35. The van der Waals surface area contributed by atoms with E-state index in [0.717, 1.165) is 0 Å². The third kappa shape index (κ3) is 39.9. The fourth-order valence-electron chi connectivity index (χ4n) is 15.3. The highest BCUT2D eigenvalue weighted by Crippen LogP contribution is 2.29. The Kier molecular flexibility index (Phi) is 49.3. The number of unbranched alkanes of at least 4 members (excludes halogenated alkanes) is 14. The smallest absolute Gasteiger partial charge is 0.0184 e. The van der Waals surface area contributed by atoms with Gasteiger partial charge in [0.15, 0.2) is 0 Å². The highest BCUT2D eigenvalue weighted by atomic mass is 14.1. The lowest BCUT2D eigenvalue weighted by Crippen LogP contribution is -1.86. The van der Waals surface area contributed by atoms with Crippen LogP contribution in [0.4, 0.5) is 0 Å². The molecular weight excluding hydrogens is 1530 g/mol. The van der Waals surface area contributed by atoms with E-state index in [1.807, 2.05) is 0 Å². The van der Waals surface area contributed by atoms with Gasteiger partial charge in [-0.25, -0.2) is 0 Å². The van der Waals surface area contributed by atoms with Gasteiger partial charge in [0.25, 0.3) is 0 Å². The Bertz CT molecular complexity index is 4170. The predicted octanol–water partition coefficient (Wildman–Crippen LogP) is 38.4. The van der Waals surface area contributed by atoms with Crippen LogP contribution in [0.1, 0.15) is 269 Å². The van der Waals surface area contributed by atoms with Crippen molar-refractivity contribution >= 4 is 0 Å². The minimum Gasteiger partial charge on any atom is -0.0776 e. The molecule has 0 heteroatoms. The van der Waals surface area contributed by atoms with Crippen LogP contribution in [0.25, 0.3) is 77.9 Å². The summed E-state index contributed by atoms with van der Waals surface area (Å²) in [6.07, 6.45) is 36.0. The molecule has 0 bridgehead atoms. The minimum atomic E-state index is 0. The fraction of sp³-hybridized carbons (Fsp3) is 0.339. The summed E-state index contributed by atoms with van der Waals surface area (Å²) in [5, 5.41) is 0. The molecule has 0 amide bonds. The lowest BCUT2D eigenvalue weighted by molar-refractivity contribution is 0.717. The summed E-state index contributed by atoms with van der Waals surface area (Å²) >= 11 is 0. The van der Waals surface area contributed by atoms with Crippen molar-refractivity contribution in [1.29, 1.82) is 0 Å². The van der Waals surface area contributed by atoms with E-state index >= 15 is 0 Å². The van der Waals surface area contributed by atoms with E-state index < -0.39 is 0 Å². The van der Waals surface area contributed by atoms with Gasteiger partial charge in [-0.2, -0.15) is 0 Å². The molecule has 666 valence electrons. The second-order valence-corrected chi connectivity index (χ2v) is 35.1. The zero-order valence-corrected chi connectivity index (χ0v) is 80.1. The molecule has 0 fully saturated rings. The van der Waals surface area contributed by atoms with E-state index in [9.17, 15) is 0 Å². The Hall–Kier alpha value is -10.9. The highest BCUT2D eigenvalue weighted by Gasteiger charge is 2.07. The Morgan fingerprint density at radius 3 is 0.268 bits per heavy atom. The molecular formula is C127H158. The number of aryl methyl sites for hydroxylation is 14. The predicted molar refractivity (Wildman–Crippen MR) is 566 cm³/mol. The van der Waals surface area contributed by atoms with E-state index in [4.69, 9.17) is 0 Å². The lowest BCUT2D eigenvalue weighted by atomic mass is 10.0. The van der Waals surface area contributed by atoms with Crippen molar-refractivity contribution in [3.05, 3.63) is 418 Å². The molecule has 14 aromatic carbocycles. The van der Waals surface area contributed by atoms with Gasteiger partial charge in [-0.05, 0) is 255 Å². The molecule has 0 aliphatic heterocycles. The maximum absolute atomic E-state index is 2.27. The summed E-state index contributed by atoms with van der Waals surface area (Å²) in [4.78, 5) is 0. The van der Waals surface area contributed by atoms with E-state index in [0.29, 0.717) is 0 Å². The molecule has 0 aliphatic rings.